The maximum atomic E-state index is 12.9. The first kappa shape index (κ1) is 22.0. The molecule has 0 fully saturated rings. The number of aromatic nitrogens is 1. The molecular weight excluding hydrogens is 542 g/mol. The van der Waals surface area contributed by atoms with E-state index in [9.17, 15) is 13.2 Å². The van der Waals surface area contributed by atoms with Crippen molar-refractivity contribution in [3.05, 3.63) is 80.4 Å². The molecule has 0 aliphatic heterocycles. The van der Waals surface area contributed by atoms with Crippen LogP contribution in [0.15, 0.2) is 74.7 Å². The summed E-state index contributed by atoms with van der Waals surface area (Å²) in [4.78, 5) is 18.3. The number of amides is 1. The maximum Gasteiger partial charge on any atom is 0.261 e. The van der Waals surface area contributed by atoms with Crippen LogP contribution < -0.4 is 10.0 Å². The minimum absolute atomic E-state index is 0.0405. The number of nitrogens with one attached hydrogen (secondary N) is 2. The number of rotatable bonds is 6. The Morgan fingerprint density at radius 3 is 2.48 bits per heavy atom. The minimum Gasteiger partial charge on any atom is -0.298 e. The van der Waals surface area contributed by atoms with Crippen molar-refractivity contribution < 1.29 is 13.2 Å². The second-order valence-electron chi connectivity index (χ2n) is 6.20. The van der Waals surface area contributed by atoms with Gasteiger partial charge in [-0.2, -0.15) is 0 Å². The van der Waals surface area contributed by atoms with Crippen LogP contribution in [0.25, 0.3) is 10.6 Å². The van der Waals surface area contributed by atoms with E-state index in [1.165, 1.54) is 41.7 Å². The topological polar surface area (TPSA) is 88.2 Å². The summed E-state index contributed by atoms with van der Waals surface area (Å²) in [5.74, 6) is -0.470. The van der Waals surface area contributed by atoms with Gasteiger partial charge in [-0.1, -0.05) is 23.7 Å². The number of hydrogen-bond acceptors (Lipinski definition) is 6. The number of para-hydroxylation sites is 1. The minimum atomic E-state index is -3.89. The van der Waals surface area contributed by atoms with Crippen molar-refractivity contribution >= 4 is 77.0 Å². The van der Waals surface area contributed by atoms with Crippen LogP contribution in [0.4, 0.5) is 10.8 Å². The second kappa shape index (κ2) is 9.09. The van der Waals surface area contributed by atoms with Gasteiger partial charge in [0.1, 0.15) is 0 Å². The van der Waals surface area contributed by atoms with Gasteiger partial charge in [0.05, 0.1) is 30.5 Å². The first-order chi connectivity index (χ1) is 14.8. The average molecular weight is 555 g/mol. The zero-order chi connectivity index (χ0) is 22.0. The molecule has 2 heterocycles. The molecule has 31 heavy (non-hydrogen) atoms. The lowest BCUT2D eigenvalue weighted by Gasteiger charge is -2.12. The largest absolute Gasteiger partial charge is 0.298 e. The van der Waals surface area contributed by atoms with Gasteiger partial charge in [-0.25, -0.2) is 13.4 Å². The van der Waals surface area contributed by atoms with E-state index in [4.69, 9.17) is 11.6 Å². The molecule has 6 nitrogen and oxygen atoms in total. The van der Waals surface area contributed by atoms with E-state index in [2.05, 4.69) is 31.0 Å². The normalized spacial score (nSPS) is 11.3. The fraction of sp³-hybridized carbons (Fsp3) is 0. The summed E-state index contributed by atoms with van der Waals surface area (Å²) < 4.78 is 28.9. The molecular formula is C20H13BrClN3O3S3. The number of halogens is 2. The number of benzene rings is 2. The molecule has 4 aromatic rings. The quantitative estimate of drug-likeness (QED) is 0.291. The van der Waals surface area contributed by atoms with Gasteiger partial charge < -0.3 is 0 Å². The number of thiazole rings is 1. The van der Waals surface area contributed by atoms with Gasteiger partial charge in [0, 0.05) is 10.4 Å². The van der Waals surface area contributed by atoms with Gasteiger partial charge in [-0.05, 0) is 64.5 Å². The van der Waals surface area contributed by atoms with Crippen LogP contribution in [-0.2, 0) is 10.0 Å². The number of carbonyl (C=O) groups is 1. The molecule has 11 heteroatoms. The molecule has 4 rings (SSSR count). The highest BCUT2D eigenvalue weighted by molar-refractivity contribution is 9.11. The molecule has 1 amide bonds. The van der Waals surface area contributed by atoms with E-state index < -0.39 is 15.9 Å². The molecule has 0 radical (unpaired) electrons. The second-order valence-corrected chi connectivity index (χ2v) is 11.6. The molecule has 0 bridgehead atoms. The van der Waals surface area contributed by atoms with Crippen molar-refractivity contribution in [2.24, 2.45) is 0 Å². The zero-order valence-corrected chi connectivity index (χ0v) is 20.3. The first-order valence-electron chi connectivity index (χ1n) is 8.72. The van der Waals surface area contributed by atoms with Crippen molar-refractivity contribution in [3.63, 3.8) is 0 Å². The molecule has 2 aromatic heterocycles. The molecule has 2 aromatic carbocycles. The highest BCUT2D eigenvalue weighted by Gasteiger charge is 2.19. The van der Waals surface area contributed by atoms with Crippen molar-refractivity contribution in [1.82, 2.24) is 4.98 Å². The number of carbonyl (C=O) groups excluding carboxylic acids is 1. The number of anilines is 2. The fourth-order valence-corrected chi connectivity index (χ4v) is 5.98. The van der Waals surface area contributed by atoms with E-state index >= 15 is 0 Å². The van der Waals surface area contributed by atoms with Gasteiger partial charge in [0.15, 0.2) is 5.13 Å². The summed E-state index contributed by atoms with van der Waals surface area (Å²) in [5.41, 5.74) is 1.09. The van der Waals surface area contributed by atoms with E-state index in [0.717, 1.165) is 14.4 Å². The van der Waals surface area contributed by atoms with Crippen molar-refractivity contribution in [1.29, 1.82) is 0 Å². The van der Waals surface area contributed by atoms with Crippen LogP contribution in [0.1, 0.15) is 10.4 Å². The summed E-state index contributed by atoms with van der Waals surface area (Å²) in [6.45, 7) is 0. The number of hydrogen-bond donors (Lipinski definition) is 2. The van der Waals surface area contributed by atoms with Crippen LogP contribution in [0, 0.1) is 0 Å². The molecule has 0 aliphatic carbocycles. The Hall–Kier alpha value is -2.24. The number of thiophene rings is 1. The lowest BCUT2D eigenvalue weighted by Crippen LogP contribution is -2.18. The van der Waals surface area contributed by atoms with Crippen molar-refractivity contribution in [2.45, 2.75) is 4.90 Å². The average Bonchev–Trinajstić information content (AvgIpc) is 3.37. The van der Waals surface area contributed by atoms with Crippen molar-refractivity contribution in [2.75, 3.05) is 10.0 Å². The van der Waals surface area contributed by atoms with Crippen LogP contribution in [0.3, 0.4) is 0 Å². The van der Waals surface area contributed by atoms with E-state index in [1.54, 1.807) is 29.5 Å². The fourth-order valence-electron chi connectivity index (χ4n) is 2.65. The summed E-state index contributed by atoms with van der Waals surface area (Å²) in [6.07, 6.45) is 0. The summed E-state index contributed by atoms with van der Waals surface area (Å²) in [7, 11) is -3.89. The van der Waals surface area contributed by atoms with Crippen molar-refractivity contribution in [3.8, 4) is 10.6 Å². The molecule has 0 aliphatic rings. The van der Waals surface area contributed by atoms with Gasteiger partial charge in [0.2, 0.25) is 0 Å². The van der Waals surface area contributed by atoms with Crippen LogP contribution in [0.5, 0.6) is 0 Å². The van der Waals surface area contributed by atoms with Crippen LogP contribution in [-0.4, -0.2) is 19.3 Å². The monoisotopic (exact) mass is 553 g/mol. The first-order valence-corrected chi connectivity index (χ1v) is 13.1. The zero-order valence-electron chi connectivity index (χ0n) is 15.5. The maximum absolute atomic E-state index is 12.9. The van der Waals surface area contributed by atoms with E-state index in [1.807, 2.05) is 17.5 Å². The Morgan fingerprint density at radius 2 is 1.77 bits per heavy atom. The van der Waals surface area contributed by atoms with Gasteiger partial charge in [-0.15, -0.1) is 22.7 Å². The lowest BCUT2D eigenvalue weighted by atomic mass is 10.2. The summed E-state index contributed by atoms with van der Waals surface area (Å²) >= 11 is 12.1. The third-order valence-corrected chi connectivity index (χ3v) is 8.13. The summed E-state index contributed by atoms with van der Waals surface area (Å²) in [6, 6.07) is 16.0. The molecule has 0 atom stereocenters. The smallest absolute Gasteiger partial charge is 0.261 e. The van der Waals surface area contributed by atoms with Gasteiger partial charge >= 0.3 is 0 Å². The standard InChI is InChI=1S/C20H13BrClN3O3S3/c21-18-10-9-17(30-18)16-11-29-20(23-16)24-19(26)14-3-1-2-4-15(14)25-31(27,28)13-7-5-12(22)6-8-13/h1-11,25H,(H,23,24,26). The Morgan fingerprint density at radius 1 is 1.03 bits per heavy atom. The Balaban J connectivity index is 1.55. The molecule has 2 N–H and O–H groups in total. The summed E-state index contributed by atoms with van der Waals surface area (Å²) in [5, 5.41) is 5.43. The molecule has 0 saturated heterocycles. The third-order valence-electron chi connectivity index (χ3n) is 4.09. The van der Waals surface area contributed by atoms with E-state index in [-0.39, 0.29) is 16.1 Å². The Kier molecular flexibility index (Phi) is 6.44. The van der Waals surface area contributed by atoms with Gasteiger partial charge in [-0.3, -0.25) is 14.8 Å². The Bertz CT molecular complexity index is 1350. The molecule has 158 valence electrons. The third kappa shape index (κ3) is 5.16. The highest BCUT2D eigenvalue weighted by Crippen LogP contribution is 2.33. The number of sulfonamides is 1. The molecule has 0 unspecified atom stereocenters. The van der Waals surface area contributed by atoms with Crippen LogP contribution in [0.2, 0.25) is 5.02 Å². The van der Waals surface area contributed by atoms with Gasteiger partial charge in [0.25, 0.3) is 15.9 Å². The Labute approximate surface area is 200 Å². The highest BCUT2D eigenvalue weighted by atomic mass is 79.9. The molecule has 0 spiro atoms. The SMILES string of the molecule is O=C(Nc1nc(-c2ccc(Br)s2)cs1)c1ccccc1NS(=O)(=O)c1ccc(Cl)cc1. The lowest BCUT2D eigenvalue weighted by molar-refractivity contribution is 0.102. The molecule has 0 saturated carbocycles. The predicted molar refractivity (Wildman–Crippen MR) is 130 cm³/mol. The number of nitrogens with zero attached hydrogens (tertiary/aromatic N) is 1. The van der Waals surface area contributed by atoms with E-state index in [0.29, 0.717) is 10.2 Å². The van der Waals surface area contributed by atoms with Crippen LogP contribution >= 0.6 is 50.2 Å². The predicted octanol–water partition coefficient (Wildman–Crippen LogP) is 6.34.